The second kappa shape index (κ2) is 7.83. The SMILES string of the molecule is O=C(Nc1cccc(NC(=O)c2cnc3[nH]ccc3c2)c1)c1ccc2c(c1)OCCO2. The van der Waals surface area contributed by atoms with E-state index in [1.807, 2.05) is 6.07 Å². The summed E-state index contributed by atoms with van der Waals surface area (Å²) < 4.78 is 11.0. The lowest BCUT2D eigenvalue weighted by Gasteiger charge is -2.18. The van der Waals surface area contributed by atoms with E-state index >= 15 is 0 Å². The molecule has 0 saturated heterocycles. The first-order valence-electron chi connectivity index (χ1n) is 9.71. The van der Waals surface area contributed by atoms with Gasteiger partial charge in [-0.1, -0.05) is 6.07 Å². The number of aromatic amines is 1. The van der Waals surface area contributed by atoms with Crippen LogP contribution in [0, 0.1) is 0 Å². The lowest BCUT2D eigenvalue weighted by atomic mass is 10.1. The normalized spacial score (nSPS) is 12.4. The number of carbonyl (C=O) groups is 2. The summed E-state index contributed by atoms with van der Waals surface area (Å²) in [5.41, 5.74) is 2.72. The molecule has 0 bridgehead atoms. The number of nitrogens with zero attached hydrogens (tertiary/aromatic N) is 1. The Hall–Kier alpha value is -4.33. The molecule has 5 rings (SSSR count). The van der Waals surface area contributed by atoms with E-state index in [2.05, 4.69) is 20.6 Å². The first-order valence-corrected chi connectivity index (χ1v) is 9.71. The van der Waals surface area contributed by atoms with Gasteiger partial charge in [0.05, 0.1) is 5.56 Å². The van der Waals surface area contributed by atoms with Crippen molar-refractivity contribution < 1.29 is 19.1 Å². The minimum Gasteiger partial charge on any atom is -0.486 e. The van der Waals surface area contributed by atoms with E-state index in [-0.39, 0.29) is 11.8 Å². The third kappa shape index (κ3) is 3.91. The lowest BCUT2D eigenvalue weighted by molar-refractivity contribution is 0.101. The fourth-order valence-corrected chi connectivity index (χ4v) is 3.33. The van der Waals surface area contributed by atoms with Crippen LogP contribution in [0.4, 0.5) is 11.4 Å². The average molecular weight is 414 g/mol. The first kappa shape index (κ1) is 18.7. The van der Waals surface area contributed by atoms with Crippen molar-refractivity contribution in [3.05, 3.63) is 78.1 Å². The number of fused-ring (bicyclic) bond motifs is 2. The van der Waals surface area contributed by atoms with Crippen molar-refractivity contribution in [2.75, 3.05) is 23.8 Å². The Morgan fingerprint density at radius 1 is 0.839 bits per heavy atom. The highest BCUT2D eigenvalue weighted by Gasteiger charge is 2.15. The topological polar surface area (TPSA) is 105 Å². The maximum atomic E-state index is 12.6. The fraction of sp³-hybridized carbons (Fsp3) is 0.0870. The number of ether oxygens (including phenoxy) is 2. The number of rotatable bonds is 4. The maximum Gasteiger partial charge on any atom is 0.257 e. The molecule has 2 aromatic heterocycles. The standard InChI is InChI=1S/C23H18N4O4/c28-22(15-4-5-19-20(11-15)31-9-8-30-19)26-17-2-1-3-18(12-17)27-23(29)16-10-14-6-7-24-21(14)25-13-16/h1-7,10-13H,8-9H2,(H,24,25)(H,26,28)(H,27,29). The first-order chi connectivity index (χ1) is 15.2. The van der Waals surface area contributed by atoms with Gasteiger partial charge in [0.15, 0.2) is 11.5 Å². The van der Waals surface area contributed by atoms with Gasteiger partial charge in [-0.3, -0.25) is 9.59 Å². The Morgan fingerprint density at radius 2 is 1.58 bits per heavy atom. The molecule has 3 N–H and O–H groups in total. The van der Waals surface area contributed by atoms with Gasteiger partial charge in [-0.25, -0.2) is 4.98 Å². The van der Waals surface area contributed by atoms with E-state index in [1.54, 1.807) is 54.7 Å². The molecule has 8 nitrogen and oxygen atoms in total. The number of hydrogen-bond donors (Lipinski definition) is 3. The van der Waals surface area contributed by atoms with E-state index in [9.17, 15) is 9.59 Å². The Kier molecular flexibility index (Phi) is 4.72. The van der Waals surface area contributed by atoms with E-state index in [0.717, 1.165) is 11.0 Å². The number of benzene rings is 2. The quantitative estimate of drug-likeness (QED) is 0.471. The van der Waals surface area contributed by atoms with E-state index < -0.39 is 0 Å². The van der Waals surface area contributed by atoms with Crippen LogP contribution in [0.2, 0.25) is 0 Å². The largest absolute Gasteiger partial charge is 0.486 e. The number of amides is 2. The Balaban J connectivity index is 1.29. The summed E-state index contributed by atoms with van der Waals surface area (Å²) in [6.45, 7) is 0.943. The summed E-state index contributed by atoms with van der Waals surface area (Å²) in [7, 11) is 0. The van der Waals surface area contributed by atoms with Gasteiger partial charge < -0.3 is 25.1 Å². The molecule has 2 aromatic carbocycles. The Morgan fingerprint density at radius 3 is 2.39 bits per heavy atom. The van der Waals surface area contributed by atoms with Gasteiger partial charge in [0.1, 0.15) is 18.9 Å². The molecule has 4 aromatic rings. The Labute approximate surface area is 177 Å². The van der Waals surface area contributed by atoms with Crippen molar-refractivity contribution in [3.8, 4) is 11.5 Å². The number of aromatic nitrogens is 2. The summed E-state index contributed by atoms with van der Waals surface area (Å²) >= 11 is 0. The van der Waals surface area contributed by atoms with Crippen molar-refractivity contribution in [2.24, 2.45) is 0 Å². The second-order valence-electron chi connectivity index (χ2n) is 6.99. The summed E-state index contributed by atoms with van der Waals surface area (Å²) in [4.78, 5) is 32.5. The highest BCUT2D eigenvalue weighted by atomic mass is 16.6. The molecule has 3 heterocycles. The van der Waals surface area contributed by atoms with Gasteiger partial charge in [-0.2, -0.15) is 0 Å². The minimum absolute atomic E-state index is 0.286. The van der Waals surface area contributed by atoms with Crippen LogP contribution < -0.4 is 20.1 Å². The van der Waals surface area contributed by atoms with Crippen molar-refractivity contribution in [1.29, 1.82) is 0 Å². The highest BCUT2D eigenvalue weighted by molar-refractivity contribution is 6.07. The molecule has 2 amide bonds. The van der Waals surface area contributed by atoms with Crippen LogP contribution in [0.3, 0.4) is 0 Å². The van der Waals surface area contributed by atoms with Crippen LogP contribution in [0.15, 0.2) is 67.0 Å². The molecule has 0 unspecified atom stereocenters. The second-order valence-corrected chi connectivity index (χ2v) is 6.99. The van der Waals surface area contributed by atoms with Crippen molar-refractivity contribution in [1.82, 2.24) is 9.97 Å². The van der Waals surface area contributed by atoms with Crippen molar-refractivity contribution in [3.63, 3.8) is 0 Å². The number of anilines is 2. The van der Waals surface area contributed by atoms with E-state index in [1.165, 1.54) is 6.20 Å². The number of nitrogens with one attached hydrogen (secondary N) is 3. The zero-order valence-corrected chi connectivity index (χ0v) is 16.3. The molecular formula is C23H18N4O4. The molecule has 1 aliphatic heterocycles. The van der Waals surface area contributed by atoms with Crippen LogP contribution in [0.25, 0.3) is 11.0 Å². The minimum atomic E-state index is -0.289. The molecule has 0 radical (unpaired) electrons. The lowest BCUT2D eigenvalue weighted by Crippen LogP contribution is -2.17. The summed E-state index contributed by atoms with van der Waals surface area (Å²) in [6.07, 6.45) is 3.29. The molecule has 0 spiro atoms. The van der Waals surface area contributed by atoms with Gasteiger partial charge in [-0.15, -0.1) is 0 Å². The predicted molar refractivity (Wildman–Crippen MR) is 116 cm³/mol. The van der Waals surface area contributed by atoms with Gasteiger partial charge in [0, 0.05) is 34.7 Å². The summed E-state index contributed by atoms with van der Waals surface area (Å²) in [5, 5.41) is 6.52. The van der Waals surface area contributed by atoms with E-state index in [4.69, 9.17) is 9.47 Å². The molecule has 0 fully saturated rings. The molecule has 0 aliphatic carbocycles. The fourth-order valence-electron chi connectivity index (χ4n) is 3.33. The van der Waals surface area contributed by atoms with Crippen molar-refractivity contribution in [2.45, 2.75) is 0 Å². The molecule has 31 heavy (non-hydrogen) atoms. The van der Waals surface area contributed by atoms with Crippen LogP contribution >= 0.6 is 0 Å². The molecule has 0 saturated carbocycles. The predicted octanol–water partition coefficient (Wildman–Crippen LogP) is 3.84. The van der Waals surface area contributed by atoms with Gasteiger partial charge in [0.25, 0.3) is 11.8 Å². The Bertz CT molecular complexity index is 1300. The highest BCUT2D eigenvalue weighted by Crippen LogP contribution is 2.31. The number of carbonyl (C=O) groups excluding carboxylic acids is 2. The monoisotopic (exact) mass is 414 g/mol. The van der Waals surface area contributed by atoms with Gasteiger partial charge >= 0.3 is 0 Å². The number of pyridine rings is 1. The van der Waals surface area contributed by atoms with Crippen LogP contribution in [0.5, 0.6) is 11.5 Å². The third-order valence-corrected chi connectivity index (χ3v) is 4.84. The van der Waals surface area contributed by atoms with Crippen LogP contribution in [-0.4, -0.2) is 35.0 Å². The number of hydrogen-bond acceptors (Lipinski definition) is 5. The third-order valence-electron chi connectivity index (χ3n) is 4.84. The maximum absolute atomic E-state index is 12.6. The zero-order chi connectivity index (χ0) is 21.2. The van der Waals surface area contributed by atoms with Gasteiger partial charge in [-0.05, 0) is 48.5 Å². The van der Waals surface area contributed by atoms with Crippen molar-refractivity contribution >= 4 is 34.2 Å². The average Bonchev–Trinajstić information content (AvgIpc) is 3.27. The van der Waals surface area contributed by atoms with E-state index in [0.29, 0.717) is 47.2 Å². The molecule has 1 aliphatic rings. The molecule has 154 valence electrons. The molecular weight excluding hydrogens is 396 g/mol. The smallest absolute Gasteiger partial charge is 0.257 e. The van der Waals surface area contributed by atoms with Gasteiger partial charge in [0.2, 0.25) is 0 Å². The summed E-state index contributed by atoms with van der Waals surface area (Å²) in [6, 6.07) is 15.6. The molecule has 0 atom stereocenters. The zero-order valence-electron chi connectivity index (χ0n) is 16.3. The number of H-pyrrole nitrogens is 1. The summed E-state index contributed by atoms with van der Waals surface area (Å²) in [5.74, 6) is 0.598. The van der Waals surface area contributed by atoms with Crippen LogP contribution in [0.1, 0.15) is 20.7 Å². The molecule has 8 heteroatoms. The van der Waals surface area contributed by atoms with Crippen LogP contribution in [-0.2, 0) is 0 Å².